The van der Waals surface area contributed by atoms with E-state index in [4.69, 9.17) is 5.73 Å². The second-order valence-corrected chi connectivity index (χ2v) is 17.2. The minimum Gasteiger partial charge on any atom is -0.479 e. The molecule has 0 saturated heterocycles. The lowest BCUT2D eigenvalue weighted by Gasteiger charge is -2.40. The van der Waals surface area contributed by atoms with Gasteiger partial charge in [0.2, 0.25) is 5.91 Å². The number of hydrogen-bond acceptors (Lipinski definition) is 6. The van der Waals surface area contributed by atoms with E-state index in [2.05, 4.69) is 21.3 Å². The van der Waals surface area contributed by atoms with Crippen LogP contribution in [-0.4, -0.2) is 34.7 Å². The molecule has 0 bridgehead atoms. The first-order valence-corrected chi connectivity index (χ1v) is 20.1. The van der Waals surface area contributed by atoms with Crippen molar-refractivity contribution >= 4 is 29.6 Å². The molecule has 0 radical (unpaired) electrons. The third-order valence-electron chi connectivity index (χ3n) is 11.9. The van der Waals surface area contributed by atoms with E-state index < -0.39 is 57.3 Å². The molecule has 0 saturated carbocycles. The Morgan fingerprint density at radius 2 is 0.557 bits per heavy atom. The molecule has 0 aliphatic rings. The molecule has 318 valence electrons. The van der Waals surface area contributed by atoms with Crippen LogP contribution in [0, 0.1) is 34.6 Å². The lowest BCUT2D eigenvalue weighted by molar-refractivity contribution is -0.149. The van der Waals surface area contributed by atoms with Crippen molar-refractivity contribution in [3.63, 3.8) is 0 Å². The van der Waals surface area contributed by atoms with E-state index in [1.165, 1.54) is 20.8 Å². The summed E-state index contributed by atoms with van der Waals surface area (Å²) in [4.78, 5) is 72.3. The molecule has 0 unspecified atom stereocenters. The number of hydrogen-bond donors (Lipinski definition) is 6. The van der Waals surface area contributed by atoms with E-state index in [1.807, 2.05) is 58.9 Å². The Hall–Kier alpha value is -6.59. The van der Waals surface area contributed by atoms with E-state index in [1.54, 1.807) is 111 Å². The number of carboxylic acids is 1. The highest BCUT2D eigenvalue weighted by molar-refractivity contribution is 6.02. The van der Waals surface area contributed by atoms with Crippen molar-refractivity contribution in [1.82, 2.24) is 21.3 Å². The molecule has 11 heteroatoms. The number of carbonyl (C=O) groups is 5. The normalized spacial score (nSPS) is 16.2. The van der Waals surface area contributed by atoms with Crippen molar-refractivity contribution in [2.24, 2.45) is 5.73 Å². The standard InChI is InChI=1S/C50H57N5O6/c1-31-11-21-36(22-12-31)46(6,51)41(56)52-47(7,37-23-13-32(2)14-24-37)42(57)53-48(8,38-25-15-33(3)16-26-38)43(58)54-49(9,39-27-17-34(4)18-28-39)44(59)55-50(10,45(60)61)40-29-19-35(5)20-30-40/h11-30H,51H2,1-10H3,(H,52,56)(H,53,57)(H,54,58)(H,55,59)(H,60,61)/t46-,47-,48-,49-,50-/m1/s1. The molecule has 5 aromatic carbocycles. The summed E-state index contributed by atoms with van der Waals surface area (Å²) in [6.45, 7) is 16.9. The maximum absolute atomic E-state index is 15.2. The summed E-state index contributed by atoms with van der Waals surface area (Å²) >= 11 is 0. The molecule has 0 aliphatic heterocycles. The number of carboxylic acid groups (broad SMARTS) is 1. The lowest BCUT2D eigenvalue weighted by atomic mass is 9.82. The van der Waals surface area contributed by atoms with Gasteiger partial charge in [-0.25, -0.2) is 4.79 Å². The molecule has 61 heavy (non-hydrogen) atoms. The minimum atomic E-state index is -1.90. The Balaban J connectivity index is 1.61. The fourth-order valence-corrected chi connectivity index (χ4v) is 7.02. The molecule has 0 spiro atoms. The van der Waals surface area contributed by atoms with Gasteiger partial charge in [0, 0.05) is 0 Å². The van der Waals surface area contributed by atoms with Gasteiger partial charge >= 0.3 is 5.97 Å². The Labute approximate surface area is 358 Å². The Bertz CT molecular complexity index is 2430. The predicted octanol–water partition coefficient (Wildman–Crippen LogP) is 6.61. The summed E-state index contributed by atoms with van der Waals surface area (Å²) in [7, 11) is 0. The summed E-state index contributed by atoms with van der Waals surface area (Å²) in [5.41, 5.74) is 4.22. The van der Waals surface area contributed by atoms with Crippen LogP contribution in [0.25, 0.3) is 0 Å². The summed E-state index contributed by atoms with van der Waals surface area (Å²) in [5.74, 6) is -4.32. The molecular formula is C50H57N5O6. The third-order valence-corrected chi connectivity index (χ3v) is 11.9. The topological polar surface area (TPSA) is 180 Å². The van der Waals surface area contributed by atoms with Crippen molar-refractivity contribution in [3.8, 4) is 0 Å². The Kier molecular flexibility index (Phi) is 12.8. The van der Waals surface area contributed by atoms with Gasteiger partial charge in [-0.1, -0.05) is 149 Å². The SMILES string of the molecule is Cc1ccc([C@@](C)(N)C(=O)N[C@@](C)(C(=O)N[C@@](C)(C(=O)N[C@@](C)(C(=O)N[C@@](C)(C(=O)O)c2ccc(C)cc2)c2ccc(C)cc2)c2ccc(C)cc2)c2ccc(C)cc2)cc1. The largest absolute Gasteiger partial charge is 0.479 e. The highest BCUT2D eigenvalue weighted by atomic mass is 16.4. The van der Waals surface area contributed by atoms with Crippen LogP contribution >= 0.6 is 0 Å². The van der Waals surface area contributed by atoms with Crippen LogP contribution in [0.3, 0.4) is 0 Å². The van der Waals surface area contributed by atoms with Crippen molar-refractivity contribution in [2.45, 2.75) is 96.9 Å². The van der Waals surface area contributed by atoms with Crippen LogP contribution in [-0.2, 0) is 51.7 Å². The summed E-state index contributed by atoms with van der Waals surface area (Å²) < 4.78 is 0. The van der Waals surface area contributed by atoms with Gasteiger partial charge in [-0.05, 0) is 97.1 Å². The van der Waals surface area contributed by atoms with Crippen molar-refractivity contribution in [3.05, 3.63) is 177 Å². The zero-order valence-corrected chi connectivity index (χ0v) is 36.6. The fourth-order valence-electron chi connectivity index (χ4n) is 7.02. The first-order chi connectivity index (χ1) is 28.4. The van der Waals surface area contributed by atoms with E-state index in [0.717, 1.165) is 27.8 Å². The molecule has 0 fully saturated rings. The first-order valence-electron chi connectivity index (χ1n) is 20.1. The summed E-state index contributed by atoms with van der Waals surface area (Å²) in [6, 6.07) is 35.0. The minimum absolute atomic E-state index is 0.321. The Morgan fingerprint density at radius 1 is 0.361 bits per heavy atom. The maximum Gasteiger partial charge on any atom is 0.333 e. The second kappa shape index (κ2) is 17.2. The van der Waals surface area contributed by atoms with Gasteiger partial charge in [-0.2, -0.15) is 0 Å². The average molecular weight is 824 g/mol. The molecule has 5 atom stereocenters. The zero-order chi connectivity index (χ0) is 45.1. The lowest BCUT2D eigenvalue weighted by Crippen LogP contribution is -2.67. The van der Waals surface area contributed by atoms with Crippen LogP contribution in [0.15, 0.2) is 121 Å². The molecule has 4 amide bonds. The quantitative estimate of drug-likeness (QED) is 0.0729. The van der Waals surface area contributed by atoms with Gasteiger partial charge in [-0.3, -0.25) is 19.2 Å². The van der Waals surface area contributed by atoms with E-state index in [-0.39, 0.29) is 0 Å². The summed E-state index contributed by atoms with van der Waals surface area (Å²) in [5, 5.41) is 22.1. The van der Waals surface area contributed by atoms with Gasteiger partial charge in [-0.15, -0.1) is 0 Å². The van der Waals surface area contributed by atoms with Crippen LogP contribution in [0.4, 0.5) is 0 Å². The van der Waals surface area contributed by atoms with E-state index in [0.29, 0.717) is 27.8 Å². The van der Waals surface area contributed by atoms with Gasteiger partial charge in [0.1, 0.15) is 22.2 Å². The number of rotatable bonds is 14. The highest BCUT2D eigenvalue weighted by Crippen LogP contribution is 2.32. The molecule has 11 nitrogen and oxygen atoms in total. The average Bonchev–Trinajstić information content (AvgIpc) is 3.21. The van der Waals surface area contributed by atoms with Crippen LogP contribution in [0.2, 0.25) is 0 Å². The monoisotopic (exact) mass is 823 g/mol. The zero-order valence-electron chi connectivity index (χ0n) is 36.6. The smallest absolute Gasteiger partial charge is 0.333 e. The number of aliphatic carboxylic acids is 1. The van der Waals surface area contributed by atoms with Gasteiger partial charge in [0.05, 0.1) is 0 Å². The van der Waals surface area contributed by atoms with E-state index >= 15 is 9.59 Å². The van der Waals surface area contributed by atoms with Gasteiger partial charge in [0.15, 0.2) is 5.54 Å². The molecule has 0 aliphatic carbocycles. The second-order valence-electron chi connectivity index (χ2n) is 17.2. The summed E-state index contributed by atoms with van der Waals surface area (Å²) in [6.07, 6.45) is 0. The molecule has 7 N–H and O–H groups in total. The van der Waals surface area contributed by atoms with Crippen LogP contribution in [0.5, 0.6) is 0 Å². The number of amides is 4. The molecular weight excluding hydrogens is 767 g/mol. The molecule has 0 heterocycles. The van der Waals surface area contributed by atoms with Crippen molar-refractivity contribution < 1.29 is 29.1 Å². The van der Waals surface area contributed by atoms with Crippen molar-refractivity contribution in [1.29, 1.82) is 0 Å². The number of aryl methyl sites for hydroxylation is 5. The molecule has 5 rings (SSSR count). The predicted molar refractivity (Wildman–Crippen MR) is 237 cm³/mol. The van der Waals surface area contributed by atoms with E-state index in [9.17, 15) is 19.5 Å². The highest BCUT2D eigenvalue weighted by Gasteiger charge is 2.50. The number of carbonyl (C=O) groups excluding carboxylic acids is 4. The molecule has 5 aromatic rings. The number of nitrogens with one attached hydrogen (secondary N) is 4. The van der Waals surface area contributed by atoms with Gasteiger partial charge in [0.25, 0.3) is 17.7 Å². The van der Waals surface area contributed by atoms with Crippen LogP contribution in [0.1, 0.15) is 90.3 Å². The Morgan fingerprint density at radius 3 is 0.803 bits per heavy atom. The van der Waals surface area contributed by atoms with Gasteiger partial charge < -0.3 is 32.1 Å². The molecule has 0 aromatic heterocycles. The first kappa shape index (κ1) is 45.5. The number of nitrogens with two attached hydrogens (primary N) is 1. The third kappa shape index (κ3) is 9.27. The van der Waals surface area contributed by atoms with Crippen molar-refractivity contribution in [2.75, 3.05) is 0 Å². The van der Waals surface area contributed by atoms with Crippen LogP contribution < -0.4 is 27.0 Å². The fraction of sp³-hybridized carbons (Fsp3) is 0.300. The number of benzene rings is 5. The maximum atomic E-state index is 15.2.